The number of benzene rings is 1. The highest BCUT2D eigenvalue weighted by atomic mass is 79.9. The number of aliphatic hydroxyl groups is 1. The minimum Gasteiger partial charge on any atom is -0.388 e. The van der Waals surface area contributed by atoms with Gasteiger partial charge < -0.3 is 5.11 Å². The van der Waals surface area contributed by atoms with Crippen LogP contribution in [0, 0.1) is 17.7 Å². The summed E-state index contributed by atoms with van der Waals surface area (Å²) in [7, 11) is 0. The third-order valence-corrected chi connectivity index (χ3v) is 4.38. The van der Waals surface area contributed by atoms with E-state index in [4.69, 9.17) is 0 Å². The van der Waals surface area contributed by atoms with E-state index < -0.39 is 6.10 Å². The van der Waals surface area contributed by atoms with Crippen molar-refractivity contribution in [3.05, 3.63) is 34.1 Å². The molecule has 1 N–H and O–H groups in total. The van der Waals surface area contributed by atoms with Crippen LogP contribution in [-0.2, 0) is 0 Å². The highest BCUT2D eigenvalue weighted by Gasteiger charge is 2.31. The first-order chi connectivity index (χ1) is 8.11. The average Bonchev–Trinajstić information content (AvgIpc) is 2.80. The van der Waals surface area contributed by atoms with Gasteiger partial charge >= 0.3 is 0 Å². The molecule has 0 aliphatic heterocycles. The van der Waals surface area contributed by atoms with Gasteiger partial charge in [0.25, 0.3) is 0 Å². The molecule has 0 heterocycles. The fourth-order valence-electron chi connectivity index (χ4n) is 2.77. The Kier molecular flexibility index (Phi) is 4.21. The lowest BCUT2D eigenvalue weighted by molar-refractivity contribution is 0.105. The molecular weight excluding hydrogens is 283 g/mol. The molecule has 17 heavy (non-hydrogen) atoms. The molecule has 3 atom stereocenters. The first-order valence-electron chi connectivity index (χ1n) is 6.24. The van der Waals surface area contributed by atoms with Crippen LogP contribution in [0.5, 0.6) is 0 Å². The van der Waals surface area contributed by atoms with Gasteiger partial charge in [0.2, 0.25) is 0 Å². The summed E-state index contributed by atoms with van der Waals surface area (Å²) in [4.78, 5) is 0. The van der Waals surface area contributed by atoms with Crippen LogP contribution < -0.4 is 0 Å². The maximum Gasteiger partial charge on any atom is 0.129 e. The second kappa shape index (κ2) is 5.49. The SMILES string of the molecule is CCC1CCC(C(O)c2cc(Br)ccc2F)C1. The molecule has 1 aliphatic carbocycles. The summed E-state index contributed by atoms with van der Waals surface area (Å²) >= 11 is 3.32. The Morgan fingerprint density at radius 3 is 2.88 bits per heavy atom. The molecule has 0 saturated heterocycles. The summed E-state index contributed by atoms with van der Waals surface area (Å²) in [6, 6.07) is 4.77. The molecule has 0 bridgehead atoms. The van der Waals surface area contributed by atoms with Crippen molar-refractivity contribution in [2.75, 3.05) is 0 Å². The monoisotopic (exact) mass is 300 g/mol. The summed E-state index contributed by atoms with van der Waals surface area (Å²) in [5, 5.41) is 10.3. The van der Waals surface area contributed by atoms with E-state index in [1.807, 2.05) is 0 Å². The number of hydrogen-bond donors (Lipinski definition) is 1. The van der Waals surface area contributed by atoms with Gasteiger partial charge in [-0.05, 0) is 42.9 Å². The molecule has 2 rings (SSSR count). The average molecular weight is 301 g/mol. The lowest BCUT2D eigenvalue weighted by Crippen LogP contribution is -2.11. The van der Waals surface area contributed by atoms with Crippen LogP contribution in [0.4, 0.5) is 4.39 Å². The van der Waals surface area contributed by atoms with Gasteiger partial charge in [0.15, 0.2) is 0 Å². The maximum absolute atomic E-state index is 13.7. The predicted molar refractivity (Wildman–Crippen MR) is 70.2 cm³/mol. The van der Waals surface area contributed by atoms with E-state index in [0.29, 0.717) is 11.5 Å². The standard InChI is InChI=1S/C14H18BrFO/c1-2-9-3-4-10(7-9)14(17)12-8-11(15)5-6-13(12)16/h5-6,8-10,14,17H,2-4,7H2,1H3. The molecule has 0 amide bonds. The normalized spacial score (nSPS) is 26.1. The molecule has 1 aromatic rings. The van der Waals surface area contributed by atoms with Gasteiger partial charge in [-0.1, -0.05) is 35.7 Å². The smallest absolute Gasteiger partial charge is 0.129 e. The molecule has 0 radical (unpaired) electrons. The largest absolute Gasteiger partial charge is 0.388 e. The molecular formula is C14H18BrFO. The van der Waals surface area contributed by atoms with Gasteiger partial charge in [0.05, 0.1) is 6.10 Å². The van der Waals surface area contributed by atoms with Crippen molar-refractivity contribution in [1.82, 2.24) is 0 Å². The van der Waals surface area contributed by atoms with E-state index in [2.05, 4.69) is 22.9 Å². The number of rotatable bonds is 3. The zero-order chi connectivity index (χ0) is 12.4. The molecule has 0 aromatic heterocycles. The zero-order valence-electron chi connectivity index (χ0n) is 10.00. The van der Waals surface area contributed by atoms with Crippen molar-refractivity contribution in [3.8, 4) is 0 Å². The fourth-order valence-corrected chi connectivity index (χ4v) is 3.15. The van der Waals surface area contributed by atoms with Crippen molar-refractivity contribution >= 4 is 15.9 Å². The lowest BCUT2D eigenvalue weighted by atomic mass is 9.92. The highest BCUT2D eigenvalue weighted by Crippen LogP contribution is 2.41. The van der Waals surface area contributed by atoms with Crippen LogP contribution in [0.2, 0.25) is 0 Å². The predicted octanol–water partition coefficient (Wildman–Crippen LogP) is 4.45. The van der Waals surface area contributed by atoms with Crippen LogP contribution in [-0.4, -0.2) is 5.11 Å². The topological polar surface area (TPSA) is 20.2 Å². The van der Waals surface area contributed by atoms with Crippen molar-refractivity contribution in [3.63, 3.8) is 0 Å². The Bertz CT molecular complexity index is 394. The Hall–Kier alpha value is -0.410. The Balaban J connectivity index is 2.14. The second-order valence-electron chi connectivity index (χ2n) is 4.96. The minimum atomic E-state index is -0.663. The Morgan fingerprint density at radius 1 is 1.47 bits per heavy atom. The van der Waals surface area contributed by atoms with Gasteiger partial charge in [0.1, 0.15) is 5.82 Å². The van der Waals surface area contributed by atoms with Crippen LogP contribution in [0.3, 0.4) is 0 Å². The quantitative estimate of drug-likeness (QED) is 0.874. The van der Waals surface area contributed by atoms with Crippen molar-refractivity contribution in [2.24, 2.45) is 11.8 Å². The van der Waals surface area contributed by atoms with E-state index in [0.717, 1.165) is 30.2 Å². The molecule has 3 unspecified atom stereocenters. The van der Waals surface area contributed by atoms with E-state index in [1.165, 1.54) is 6.07 Å². The van der Waals surface area contributed by atoms with Crippen molar-refractivity contribution in [2.45, 2.75) is 38.7 Å². The van der Waals surface area contributed by atoms with Gasteiger partial charge in [0, 0.05) is 10.0 Å². The fraction of sp³-hybridized carbons (Fsp3) is 0.571. The number of aliphatic hydroxyl groups excluding tert-OH is 1. The molecule has 3 heteroatoms. The molecule has 1 aliphatic rings. The Labute approximate surface area is 110 Å². The first-order valence-corrected chi connectivity index (χ1v) is 7.04. The van der Waals surface area contributed by atoms with Gasteiger partial charge in [-0.25, -0.2) is 4.39 Å². The van der Waals surface area contributed by atoms with E-state index in [-0.39, 0.29) is 11.7 Å². The maximum atomic E-state index is 13.7. The van der Waals surface area contributed by atoms with E-state index in [1.54, 1.807) is 12.1 Å². The van der Waals surface area contributed by atoms with E-state index >= 15 is 0 Å². The van der Waals surface area contributed by atoms with Crippen molar-refractivity contribution in [1.29, 1.82) is 0 Å². The molecule has 0 spiro atoms. The molecule has 94 valence electrons. The summed E-state index contributed by atoms with van der Waals surface area (Å²) in [5.41, 5.74) is 0.432. The van der Waals surface area contributed by atoms with Crippen LogP contribution in [0.1, 0.15) is 44.3 Å². The molecule has 1 nitrogen and oxygen atoms in total. The zero-order valence-corrected chi connectivity index (χ0v) is 11.6. The summed E-state index contributed by atoms with van der Waals surface area (Å²) in [6.45, 7) is 2.18. The molecule has 1 saturated carbocycles. The highest BCUT2D eigenvalue weighted by molar-refractivity contribution is 9.10. The molecule has 1 aromatic carbocycles. The van der Waals surface area contributed by atoms with Gasteiger partial charge in [-0.2, -0.15) is 0 Å². The van der Waals surface area contributed by atoms with Crippen molar-refractivity contribution < 1.29 is 9.50 Å². The van der Waals surface area contributed by atoms with E-state index in [9.17, 15) is 9.50 Å². The number of halogens is 2. The number of hydrogen-bond acceptors (Lipinski definition) is 1. The second-order valence-corrected chi connectivity index (χ2v) is 5.87. The summed E-state index contributed by atoms with van der Waals surface area (Å²) in [5.74, 6) is 0.606. The third kappa shape index (κ3) is 2.89. The lowest BCUT2D eigenvalue weighted by Gasteiger charge is -2.19. The third-order valence-electron chi connectivity index (χ3n) is 3.88. The molecule has 1 fully saturated rings. The van der Waals surface area contributed by atoms with Crippen LogP contribution in [0.25, 0.3) is 0 Å². The van der Waals surface area contributed by atoms with Crippen LogP contribution >= 0.6 is 15.9 Å². The Morgan fingerprint density at radius 2 is 2.24 bits per heavy atom. The van der Waals surface area contributed by atoms with Gasteiger partial charge in [-0.3, -0.25) is 0 Å². The first kappa shape index (κ1) is 13.0. The summed E-state index contributed by atoms with van der Waals surface area (Å²) in [6.07, 6.45) is 3.68. The van der Waals surface area contributed by atoms with Gasteiger partial charge in [-0.15, -0.1) is 0 Å². The minimum absolute atomic E-state index is 0.212. The summed E-state index contributed by atoms with van der Waals surface area (Å²) < 4.78 is 14.5. The van der Waals surface area contributed by atoms with Crippen LogP contribution in [0.15, 0.2) is 22.7 Å².